The average molecular weight is 249 g/mol. The van der Waals surface area contributed by atoms with Gasteiger partial charge in [0.15, 0.2) is 0 Å². The lowest BCUT2D eigenvalue weighted by atomic mass is 9.92. The van der Waals surface area contributed by atoms with E-state index >= 15 is 0 Å². The first kappa shape index (κ1) is 12.8. The Hall–Kier alpha value is -1.65. The second-order valence-electron chi connectivity index (χ2n) is 5.37. The zero-order valence-corrected chi connectivity index (χ0v) is 11.0. The first-order valence-electron chi connectivity index (χ1n) is 6.25. The van der Waals surface area contributed by atoms with Crippen LogP contribution in [0.25, 0.3) is 0 Å². The van der Waals surface area contributed by atoms with Gasteiger partial charge in [0.05, 0.1) is 11.3 Å². The van der Waals surface area contributed by atoms with E-state index in [0.29, 0.717) is 23.0 Å². The number of nitrogens with one attached hydrogen (secondary N) is 1. The van der Waals surface area contributed by atoms with Crippen molar-refractivity contribution in [2.75, 3.05) is 11.9 Å². The second kappa shape index (κ2) is 4.55. The Balaban J connectivity index is 2.03. The van der Waals surface area contributed by atoms with Crippen molar-refractivity contribution in [2.24, 2.45) is 11.3 Å². The van der Waals surface area contributed by atoms with Crippen LogP contribution in [-0.4, -0.2) is 27.6 Å². The largest absolute Gasteiger partial charge is 0.478 e. The summed E-state index contributed by atoms with van der Waals surface area (Å²) in [6.45, 7) is 7.00. The summed E-state index contributed by atoms with van der Waals surface area (Å²) in [4.78, 5) is 19.1. The smallest absolute Gasteiger partial charge is 0.339 e. The Kier molecular flexibility index (Phi) is 3.24. The van der Waals surface area contributed by atoms with Crippen LogP contribution in [0.5, 0.6) is 0 Å². The number of carboxylic acids is 1. The van der Waals surface area contributed by atoms with Gasteiger partial charge in [-0.2, -0.15) is 0 Å². The number of aryl methyl sites for hydroxylation is 1. The van der Waals surface area contributed by atoms with E-state index in [0.717, 1.165) is 6.54 Å². The summed E-state index contributed by atoms with van der Waals surface area (Å²) in [7, 11) is 0. The molecule has 98 valence electrons. The maximum atomic E-state index is 10.8. The fourth-order valence-corrected chi connectivity index (χ4v) is 2.14. The number of carbonyl (C=O) groups is 1. The highest BCUT2D eigenvalue weighted by Gasteiger charge is 2.45. The highest BCUT2D eigenvalue weighted by molar-refractivity contribution is 5.88. The van der Waals surface area contributed by atoms with Crippen molar-refractivity contribution in [2.45, 2.75) is 33.6 Å². The van der Waals surface area contributed by atoms with Gasteiger partial charge >= 0.3 is 5.97 Å². The monoisotopic (exact) mass is 249 g/mol. The Morgan fingerprint density at radius 3 is 2.67 bits per heavy atom. The van der Waals surface area contributed by atoms with E-state index in [1.54, 1.807) is 6.92 Å². The van der Waals surface area contributed by atoms with Gasteiger partial charge in [-0.1, -0.05) is 13.8 Å². The van der Waals surface area contributed by atoms with Gasteiger partial charge < -0.3 is 10.4 Å². The van der Waals surface area contributed by atoms with E-state index in [4.69, 9.17) is 5.11 Å². The zero-order chi connectivity index (χ0) is 13.3. The summed E-state index contributed by atoms with van der Waals surface area (Å²) in [5.74, 6) is 0.175. The van der Waals surface area contributed by atoms with Crippen LogP contribution in [0, 0.1) is 18.3 Å². The summed E-state index contributed by atoms with van der Waals surface area (Å²) >= 11 is 0. The van der Waals surface area contributed by atoms with Gasteiger partial charge in [-0.05, 0) is 31.1 Å². The molecule has 0 radical (unpaired) electrons. The standard InChI is InChI=1S/C13H19N3O2/c1-8(2)13(4-5-13)7-15-12-14-6-10(11(17)18)9(3)16-12/h6,8H,4-5,7H2,1-3H3,(H,17,18)(H,14,15,16). The quantitative estimate of drug-likeness (QED) is 0.837. The number of hydrogen-bond donors (Lipinski definition) is 2. The molecule has 1 aromatic heterocycles. The molecule has 1 heterocycles. The Bertz CT molecular complexity index is 467. The Morgan fingerprint density at radius 2 is 2.22 bits per heavy atom. The normalized spacial score (nSPS) is 16.7. The molecule has 0 unspecified atom stereocenters. The van der Waals surface area contributed by atoms with Crippen molar-refractivity contribution in [1.82, 2.24) is 9.97 Å². The van der Waals surface area contributed by atoms with Gasteiger partial charge in [0.2, 0.25) is 5.95 Å². The third kappa shape index (κ3) is 2.44. The van der Waals surface area contributed by atoms with Gasteiger partial charge in [-0.15, -0.1) is 0 Å². The van der Waals surface area contributed by atoms with Gasteiger partial charge in [0.1, 0.15) is 0 Å². The number of rotatable bonds is 5. The molecule has 0 aromatic carbocycles. The molecule has 0 aliphatic heterocycles. The van der Waals surface area contributed by atoms with Crippen LogP contribution in [0.2, 0.25) is 0 Å². The molecule has 2 rings (SSSR count). The number of anilines is 1. The minimum absolute atomic E-state index is 0.158. The molecule has 5 heteroatoms. The molecule has 5 nitrogen and oxygen atoms in total. The number of aromatic carboxylic acids is 1. The van der Waals surface area contributed by atoms with Crippen LogP contribution in [0.3, 0.4) is 0 Å². The molecule has 0 atom stereocenters. The van der Waals surface area contributed by atoms with Crippen LogP contribution >= 0.6 is 0 Å². The molecule has 2 N–H and O–H groups in total. The first-order chi connectivity index (χ1) is 8.44. The molecule has 1 aromatic rings. The molecular formula is C13H19N3O2. The zero-order valence-electron chi connectivity index (χ0n) is 11.0. The second-order valence-corrected chi connectivity index (χ2v) is 5.37. The van der Waals surface area contributed by atoms with Gasteiger partial charge in [-0.25, -0.2) is 14.8 Å². The fourth-order valence-electron chi connectivity index (χ4n) is 2.14. The van der Waals surface area contributed by atoms with Crippen LogP contribution in [0.1, 0.15) is 42.7 Å². The Morgan fingerprint density at radius 1 is 1.56 bits per heavy atom. The molecule has 18 heavy (non-hydrogen) atoms. The van der Waals surface area contributed by atoms with Gasteiger partial charge in [-0.3, -0.25) is 0 Å². The molecule has 0 bridgehead atoms. The van der Waals surface area contributed by atoms with Crippen LogP contribution in [0.4, 0.5) is 5.95 Å². The SMILES string of the molecule is Cc1nc(NCC2(C(C)C)CC2)ncc1C(=O)O. The number of nitrogens with zero attached hydrogens (tertiary/aromatic N) is 2. The predicted octanol–water partition coefficient (Wildman–Crippen LogP) is 2.33. The van der Waals surface area contributed by atoms with Crippen LogP contribution in [0.15, 0.2) is 6.20 Å². The maximum Gasteiger partial charge on any atom is 0.339 e. The van der Waals surface area contributed by atoms with Crippen LogP contribution in [-0.2, 0) is 0 Å². The van der Waals surface area contributed by atoms with E-state index in [2.05, 4.69) is 29.1 Å². The fraction of sp³-hybridized carbons (Fsp3) is 0.615. The molecule has 1 fully saturated rings. The molecule has 0 amide bonds. The summed E-state index contributed by atoms with van der Waals surface area (Å²) in [6.07, 6.45) is 3.84. The minimum atomic E-state index is -0.986. The first-order valence-corrected chi connectivity index (χ1v) is 6.25. The highest BCUT2D eigenvalue weighted by atomic mass is 16.4. The predicted molar refractivity (Wildman–Crippen MR) is 68.7 cm³/mol. The van der Waals surface area contributed by atoms with Crippen molar-refractivity contribution in [3.63, 3.8) is 0 Å². The molecule has 1 saturated carbocycles. The lowest BCUT2D eigenvalue weighted by molar-refractivity contribution is 0.0695. The maximum absolute atomic E-state index is 10.8. The molecule has 0 saturated heterocycles. The van der Waals surface area contributed by atoms with E-state index in [9.17, 15) is 4.79 Å². The van der Waals surface area contributed by atoms with Gasteiger partial charge in [0, 0.05) is 12.7 Å². The van der Waals surface area contributed by atoms with Gasteiger partial charge in [0.25, 0.3) is 0 Å². The lowest BCUT2D eigenvalue weighted by Crippen LogP contribution is -2.22. The van der Waals surface area contributed by atoms with Crippen molar-refractivity contribution in [3.8, 4) is 0 Å². The minimum Gasteiger partial charge on any atom is -0.478 e. The molecule has 1 aliphatic carbocycles. The topological polar surface area (TPSA) is 75.1 Å². The number of carboxylic acid groups (broad SMARTS) is 1. The van der Waals surface area contributed by atoms with E-state index in [-0.39, 0.29) is 5.56 Å². The van der Waals surface area contributed by atoms with E-state index in [1.165, 1.54) is 19.0 Å². The van der Waals surface area contributed by atoms with Crippen molar-refractivity contribution in [3.05, 3.63) is 17.5 Å². The van der Waals surface area contributed by atoms with Crippen LogP contribution < -0.4 is 5.32 Å². The van der Waals surface area contributed by atoms with Crippen molar-refractivity contribution >= 4 is 11.9 Å². The summed E-state index contributed by atoms with van der Waals surface area (Å²) in [5.41, 5.74) is 1.03. The molecular weight excluding hydrogens is 230 g/mol. The van der Waals surface area contributed by atoms with E-state index < -0.39 is 5.97 Å². The third-order valence-electron chi connectivity index (χ3n) is 3.93. The summed E-state index contributed by atoms with van der Waals surface area (Å²) < 4.78 is 0. The van der Waals surface area contributed by atoms with Crippen molar-refractivity contribution < 1.29 is 9.90 Å². The third-order valence-corrected chi connectivity index (χ3v) is 3.93. The number of aromatic nitrogens is 2. The number of hydrogen-bond acceptors (Lipinski definition) is 4. The highest BCUT2D eigenvalue weighted by Crippen LogP contribution is 2.51. The summed E-state index contributed by atoms with van der Waals surface area (Å²) in [5, 5.41) is 12.1. The van der Waals surface area contributed by atoms with Crippen molar-refractivity contribution in [1.29, 1.82) is 0 Å². The lowest BCUT2D eigenvalue weighted by Gasteiger charge is -2.20. The summed E-state index contributed by atoms with van der Waals surface area (Å²) in [6, 6.07) is 0. The molecule has 1 aliphatic rings. The molecule has 0 spiro atoms. The Labute approximate surface area is 107 Å². The average Bonchev–Trinajstić information content (AvgIpc) is 3.07. The van der Waals surface area contributed by atoms with E-state index in [1.807, 2.05) is 0 Å².